The van der Waals surface area contributed by atoms with Crippen molar-refractivity contribution in [2.75, 3.05) is 0 Å². The molecule has 0 N–H and O–H groups in total. The lowest BCUT2D eigenvalue weighted by Crippen LogP contribution is -2.14. The summed E-state index contributed by atoms with van der Waals surface area (Å²) in [6, 6.07) is 0. The zero-order valence-electron chi connectivity index (χ0n) is 10.7. The molecule has 0 rings (SSSR count). The predicted octanol–water partition coefficient (Wildman–Crippen LogP) is 4.26. The smallest absolute Gasteiger partial charge is 0.0913 e. The van der Waals surface area contributed by atoms with Crippen LogP contribution in [-0.2, 0) is 0 Å². The van der Waals surface area contributed by atoms with Gasteiger partial charge in [-0.2, -0.15) is 0 Å². The van der Waals surface area contributed by atoms with Crippen molar-refractivity contribution in [2.45, 2.75) is 59.8 Å². The fourth-order valence-electron chi connectivity index (χ4n) is 1.50. The van der Waals surface area contributed by atoms with Gasteiger partial charge in [-0.1, -0.05) is 52.4 Å². The lowest BCUT2D eigenvalue weighted by atomic mass is 9.82. The highest BCUT2D eigenvalue weighted by Crippen LogP contribution is 2.26. The van der Waals surface area contributed by atoms with Gasteiger partial charge in [0.1, 0.15) is 0 Å². The maximum absolute atomic E-state index is 5.60. The SMILES string of the molecule is C#CC(C#CCC(C)CC)(CC)CCC. The molecule has 0 spiro atoms. The molecule has 0 heterocycles. The zero-order chi connectivity index (χ0) is 11.7. The van der Waals surface area contributed by atoms with E-state index >= 15 is 0 Å². The highest BCUT2D eigenvalue weighted by atomic mass is 14.2. The van der Waals surface area contributed by atoms with E-state index in [1.807, 2.05) is 0 Å². The first-order valence-corrected chi connectivity index (χ1v) is 6.11. The Kier molecular flexibility index (Phi) is 6.98. The molecule has 0 nitrogen and oxygen atoms in total. The molecule has 84 valence electrons. The van der Waals surface area contributed by atoms with Gasteiger partial charge in [-0.15, -0.1) is 12.3 Å². The first-order valence-electron chi connectivity index (χ1n) is 6.11. The predicted molar refractivity (Wildman–Crippen MR) is 68.3 cm³/mol. The van der Waals surface area contributed by atoms with Crippen LogP contribution in [0.5, 0.6) is 0 Å². The number of hydrogen-bond acceptors (Lipinski definition) is 0. The second kappa shape index (κ2) is 7.42. The van der Waals surface area contributed by atoms with Crippen LogP contribution in [0.15, 0.2) is 0 Å². The molecule has 0 aliphatic heterocycles. The Morgan fingerprint density at radius 2 is 1.93 bits per heavy atom. The minimum absolute atomic E-state index is 0.164. The van der Waals surface area contributed by atoms with E-state index in [0.717, 1.165) is 25.7 Å². The van der Waals surface area contributed by atoms with Crippen LogP contribution in [-0.4, -0.2) is 0 Å². The number of terminal acetylenes is 1. The monoisotopic (exact) mass is 204 g/mol. The second-order valence-corrected chi connectivity index (χ2v) is 4.35. The summed E-state index contributed by atoms with van der Waals surface area (Å²) in [6.45, 7) is 8.73. The Bertz CT molecular complexity index is 258. The van der Waals surface area contributed by atoms with E-state index in [2.05, 4.69) is 45.5 Å². The minimum atomic E-state index is -0.164. The van der Waals surface area contributed by atoms with E-state index < -0.39 is 0 Å². The maximum Gasteiger partial charge on any atom is 0.0913 e. The third-order valence-corrected chi connectivity index (χ3v) is 3.03. The zero-order valence-corrected chi connectivity index (χ0v) is 10.7. The second-order valence-electron chi connectivity index (χ2n) is 4.35. The molecule has 0 heteroatoms. The van der Waals surface area contributed by atoms with Gasteiger partial charge in [0.05, 0.1) is 5.41 Å². The van der Waals surface area contributed by atoms with Gasteiger partial charge in [0.25, 0.3) is 0 Å². The fraction of sp³-hybridized carbons (Fsp3) is 0.733. The van der Waals surface area contributed by atoms with E-state index in [0.29, 0.717) is 5.92 Å². The first-order chi connectivity index (χ1) is 7.14. The third kappa shape index (κ3) is 4.94. The molecule has 15 heavy (non-hydrogen) atoms. The van der Waals surface area contributed by atoms with Crippen LogP contribution < -0.4 is 0 Å². The standard InChI is InChI=1S/C15H24/c1-6-12-15(8-3,9-4)13-10-11-14(5)7-2/h3,14H,6-7,9,11-12H2,1-2,4-5H3. The van der Waals surface area contributed by atoms with Crippen molar-refractivity contribution >= 4 is 0 Å². The summed E-state index contributed by atoms with van der Waals surface area (Å²) in [5, 5.41) is 0. The molecule has 0 amide bonds. The summed E-state index contributed by atoms with van der Waals surface area (Å²) in [5.41, 5.74) is -0.164. The number of hydrogen-bond donors (Lipinski definition) is 0. The lowest BCUT2D eigenvalue weighted by molar-refractivity contribution is 0.465. The highest BCUT2D eigenvalue weighted by molar-refractivity contribution is 5.24. The fourth-order valence-corrected chi connectivity index (χ4v) is 1.50. The van der Waals surface area contributed by atoms with E-state index in [9.17, 15) is 0 Å². The van der Waals surface area contributed by atoms with Crippen molar-refractivity contribution in [1.82, 2.24) is 0 Å². The van der Waals surface area contributed by atoms with Crippen LogP contribution >= 0.6 is 0 Å². The van der Waals surface area contributed by atoms with Gasteiger partial charge < -0.3 is 0 Å². The molecule has 2 atom stereocenters. The summed E-state index contributed by atoms with van der Waals surface area (Å²) in [5.74, 6) is 10.2. The van der Waals surface area contributed by atoms with Gasteiger partial charge >= 0.3 is 0 Å². The van der Waals surface area contributed by atoms with Crippen LogP contribution in [0.1, 0.15) is 59.8 Å². The van der Waals surface area contributed by atoms with E-state index in [1.165, 1.54) is 6.42 Å². The van der Waals surface area contributed by atoms with Gasteiger partial charge in [-0.3, -0.25) is 0 Å². The van der Waals surface area contributed by atoms with Crippen molar-refractivity contribution in [3.8, 4) is 24.2 Å². The van der Waals surface area contributed by atoms with Gasteiger partial charge in [-0.05, 0) is 18.8 Å². The molecule has 2 unspecified atom stereocenters. The maximum atomic E-state index is 5.60. The van der Waals surface area contributed by atoms with Crippen molar-refractivity contribution in [3.05, 3.63) is 0 Å². The Balaban J connectivity index is 4.46. The van der Waals surface area contributed by atoms with Gasteiger partial charge in [0, 0.05) is 6.42 Å². The topological polar surface area (TPSA) is 0 Å². The summed E-state index contributed by atoms with van der Waals surface area (Å²) in [6.07, 6.45) is 10.9. The molecule has 0 bridgehead atoms. The van der Waals surface area contributed by atoms with Gasteiger partial charge in [0.2, 0.25) is 0 Å². The molecular weight excluding hydrogens is 180 g/mol. The van der Waals surface area contributed by atoms with Crippen LogP contribution in [0.3, 0.4) is 0 Å². The molecule has 0 aromatic heterocycles. The molecule has 0 radical (unpaired) electrons. The Labute approximate surface area is 95.8 Å². The van der Waals surface area contributed by atoms with Gasteiger partial charge in [-0.25, -0.2) is 0 Å². The highest BCUT2D eigenvalue weighted by Gasteiger charge is 2.20. The Morgan fingerprint density at radius 1 is 1.27 bits per heavy atom. The summed E-state index contributed by atoms with van der Waals surface area (Å²) < 4.78 is 0. The van der Waals surface area contributed by atoms with E-state index in [4.69, 9.17) is 6.42 Å². The first kappa shape index (κ1) is 14.1. The van der Waals surface area contributed by atoms with Crippen molar-refractivity contribution in [2.24, 2.45) is 11.3 Å². The largest absolute Gasteiger partial charge is 0.118 e. The molecule has 0 aliphatic carbocycles. The quantitative estimate of drug-likeness (QED) is 0.587. The summed E-state index contributed by atoms with van der Waals surface area (Å²) >= 11 is 0. The molecule has 0 saturated carbocycles. The average molecular weight is 204 g/mol. The van der Waals surface area contributed by atoms with Crippen LogP contribution in [0.4, 0.5) is 0 Å². The molecule has 0 aromatic rings. The molecule has 0 aromatic carbocycles. The number of rotatable bonds is 5. The van der Waals surface area contributed by atoms with Crippen molar-refractivity contribution in [1.29, 1.82) is 0 Å². The van der Waals surface area contributed by atoms with Crippen molar-refractivity contribution in [3.63, 3.8) is 0 Å². The summed E-state index contributed by atoms with van der Waals surface area (Å²) in [4.78, 5) is 0. The summed E-state index contributed by atoms with van der Waals surface area (Å²) in [7, 11) is 0. The molecule has 0 fully saturated rings. The van der Waals surface area contributed by atoms with Crippen LogP contribution in [0.2, 0.25) is 0 Å². The van der Waals surface area contributed by atoms with E-state index in [1.54, 1.807) is 0 Å². The van der Waals surface area contributed by atoms with Gasteiger partial charge in [0.15, 0.2) is 0 Å². The third-order valence-electron chi connectivity index (χ3n) is 3.03. The minimum Gasteiger partial charge on any atom is -0.118 e. The van der Waals surface area contributed by atoms with Crippen LogP contribution in [0, 0.1) is 35.5 Å². The average Bonchev–Trinajstić information content (AvgIpc) is 2.27. The van der Waals surface area contributed by atoms with E-state index in [-0.39, 0.29) is 5.41 Å². The lowest BCUT2D eigenvalue weighted by Gasteiger charge is -2.19. The normalized spacial score (nSPS) is 15.7. The van der Waals surface area contributed by atoms with Crippen LogP contribution in [0.25, 0.3) is 0 Å². The van der Waals surface area contributed by atoms with Crippen molar-refractivity contribution < 1.29 is 0 Å². The Hall–Kier alpha value is -0.880. The molecule has 0 aliphatic rings. The Morgan fingerprint density at radius 3 is 2.33 bits per heavy atom. The molecule has 0 saturated heterocycles. The molecular formula is C15H24.